The van der Waals surface area contributed by atoms with Gasteiger partial charge in [0.25, 0.3) is 0 Å². The zero-order chi connectivity index (χ0) is 12.3. The van der Waals surface area contributed by atoms with Crippen molar-refractivity contribution in [2.75, 3.05) is 7.11 Å². The van der Waals surface area contributed by atoms with Crippen molar-refractivity contribution >= 4 is 17.6 Å². The summed E-state index contributed by atoms with van der Waals surface area (Å²) < 4.78 is 5.06. The fourth-order valence-electron chi connectivity index (χ4n) is 1.50. The van der Waals surface area contributed by atoms with Crippen LogP contribution in [0, 0.1) is 0 Å². The molecule has 0 aliphatic carbocycles. The smallest absolute Gasteiger partial charge is 0.325 e. The second-order valence-electron chi connectivity index (χ2n) is 3.36. The standard InChI is InChI=1S/C11H14ClNO3/c1-3-6-4-9(16-2)8(12)5-7(6)10(13)11(14)15/h4-5,10H,3,13H2,1-2H3,(H,14,15). The number of hydrogen-bond donors (Lipinski definition) is 2. The molecule has 0 aliphatic rings. The Balaban J connectivity index is 3.28. The molecule has 0 bridgehead atoms. The van der Waals surface area contributed by atoms with Crippen LogP contribution in [-0.2, 0) is 11.2 Å². The zero-order valence-electron chi connectivity index (χ0n) is 9.16. The molecular weight excluding hydrogens is 230 g/mol. The van der Waals surface area contributed by atoms with E-state index in [1.807, 2.05) is 6.92 Å². The predicted molar refractivity (Wildman–Crippen MR) is 61.9 cm³/mol. The molecule has 3 N–H and O–H groups in total. The first kappa shape index (κ1) is 12.8. The van der Waals surface area contributed by atoms with Crippen LogP contribution in [0.15, 0.2) is 12.1 Å². The van der Waals surface area contributed by atoms with Crippen molar-refractivity contribution in [3.63, 3.8) is 0 Å². The van der Waals surface area contributed by atoms with E-state index in [1.165, 1.54) is 7.11 Å². The first-order chi connectivity index (χ1) is 7.51. The third-order valence-electron chi connectivity index (χ3n) is 2.40. The summed E-state index contributed by atoms with van der Waals surface area (Å²) in [6.07, 6.45) is 0.670. The summed E-state index contributed by atoms with van der Waals surface area (Å²) in [5.74, 6) is -0.546. The molecule has 0 aliphatic heterocycles. The molecule has 88 valence electrons. The Morgan fingerprint density at radius 2 is 2.25 bits per heavy atom. The summed E-state index contributed by atoms with van der Waals surface area (Å²) in [4.78, 5) is 10.8. The van der Waals surface area contributed by atoms with E-state index in [0.29, 0.717) is 22.8 Å². The predicted octanol–water partition coefficient (Wildman–Crippen LogP) is 2.00. The molecule has 4 nitrogen and oxygen atoms in total. The van der Waals surface area contributed by atoms with Gasteiger partial charge in [-0.15, -0.1) is 0 Å². The van der Waals surface area contributed by atoms with Gasteiger partial charge in [-0.1, -0.05) is 18.5 Å². The minimum absolute atomic E-state index is 0.367. The Kier molecular flexibility index (Phi) is 4.15. The van der Waals surface area contributed by atoms with Gasteiger partial charge < -0.3 is 15.6 Å². The van der Waals surface area contributed by atoms with Crippen molar-refractivity contribution in [3.8, 4) is 5.75 Å². The molecule has 1 unspecified atom stereocenters. The Labute approximate surface area is 99.0 Å². The molecule has 0 radical (unpaired) electrons. The molecule has 1 atom stereocenters. The SMILES string of the molecule is CCc1cc(OC)c(Cl)cc1C(N)C(=O)O. The molecule has 0 amide bonds. The highest BCUT2D eigenvalue weighted by molar-refractivity contribution is 6.32. The monoisotopic (exact) mass is 243 g/mol. The van der Waals surface area contributed by atoms with Crippen molar-refractivity contribution in [3.05, 3.63) is 28.3 Å². The van der Waals surface area contributed by atoms with Crippen LogP contribution in [0.3, 0.4) is 0 Å². The zero-order valence-corrected chi connectivity index (χ0v) is 9.91. The van der Waals surface area contributed by atoms with E-state index in [2.05, 4.69) is 0 Å². The van der Waals surface area contributed by atoms with Crippen LogP contribution in [0.2, 0.25) is 5.02 Å². The van der Waals surface area contributed by atoms with Crippen LogP contribution >= 0.6 is 11.6 Å². The van der Waals surface area contributed by atoms with Crippen molar-refractivity contribution in [2.45, 2.75) is 19.4 Å². The summed E-state index contributed by atoms with van der Waals surface area (Å²) in [5.41, 5.74) is 6.93. The highest BCUT2D eigenvalue weighted by Crippen LogP contribution is 2.30. The third kappa shape index (κ3) is 2.46. The molecule has 0 fully saturated rings. The second kappa shape index (κ2) is 5.18. The number of rotatable bonds is 4. The van der Waals surface area contributed by atoms with E-state index in [1.54, 1.807) is 12.1 Å². The van der Waals surface area contributed by atoms with E-state index < -0.39 is 12.0 Å². The third-order valence-corrected chi connectivity index (χ3v) is 2.69. The number of halogens is 1. The van der Waals surface area contributed by atoms with Crippen molar-refractivity contribution in [2.24, 2.45) is 5.73 Å². The van der Waals surface area contributed by atoms with Gasteiger partial charge in [0.1, 0.15) is 11.8 Å². The first-order valence-corrected chi connectivity index (χ1v) is 5.23. The number of hydrogen-bond acceptors (Lipinski definition) is 3. The number of nitrogens with two attached hydrogens (primary N) is 1. The van der Waals surface area contributed by atoms with E-state index >= 15 is 0 Å². The number of carbonyl (C=O) groups is 1. The molecule has 1 aromatic carbocycles. The number of aryl methyl sites for hydroxylation is 1. The van der Waals surface area contributed by atoms with E-state index in [0.717, 1.165) is 5.56 Å². The van der Waals surface area contributed by atoms with Crippen molar-refractivity contribution in [1.29, 1.82) is 0 Å². The maximum atomic E-state index is 10.8. The molecular formula is C11H14ClNO3. The highest BCUT2D eigenvalue weighted by Gasteiger charge is 2.19. The van der Waals surface area contributed by atoms with Gasteiger partial charge in [0.15, 0.2) is 0 Å². The Hall–Kier alpha value is -1.26. The Bertz CT molecular complexity index is 406. The Morgan fingerprint density at radius 1 is 1.62 bits per heavy atom. The van der Waals surface area contributed by atoms with Crippen LogP contribution in [0.1, 0.15) is 24.1 Å². The van der Waals surface area contributed by atoms with Gasteiger partial charge >= 0.3 is 5.97 Å². The summed E-state index contributed by atoms with van der Waals surface area (Å²) >= 11 is 5.93. The quantitative estimate of drug-likeness (QED) is 0.848. The molecule has 0 spiro atoms. The lowest BCUT2D eigenvalue weighted by atomic mass is 9.99. The minimum atomic E-state index is -1.07. The molecule has 16 heavy (non-hydrogen) atoms. The van der Waals surface area contributed by atoms with Crippen LogP contribution < -0.4 is 10.5 Å². The fraction of sp³-hybridized carbons (Fsp3) is 0.364. The first-order valence-electron chi connectivity index (χ1n) is 4.86. The number of methoxy groups -OCH3 is 1. The second-order valence-corrected chi connectivity index (χ2v) is 3.76. The number of benzene rings is 1. The minimum Gasteiger partial charge on any atom is -0.495 e. The van der Waals surface area contributed by atoms with Crippen molar-refractivity contribution in [1.82, 2.24) is 0 Å². The van der Waals surface area contributed by atoms with E-state index in [9.17, 15) is 4.79 Å². The lowest BCUT2D eigenvalue weighted by Crippen LogP contribution is -2.22. The van der Waals surface area contributed by atoms with Crippen LogP contribution in [-0.4, -0.2) is 18.2 Å². The summed E-state index contributed by atoms with van der Waals surface area (Å²) in [5, 5.41) is 9.24. The average Bonchev–Trinajstić information content (AvgIpc) is 2.27. The molecule has 0 saturated carbocycles. The maximum Gasteiger partial charge on any atom is 0.325 e. The van der Waals surface area contributed by atoms with E-state index in [4.69, 9.17) is 27.2 Å². The topological polar surface area (TPSA) is 72.5 Å². The average molecular weight is 244 g/mol. The van der Waals surface area contributed by atoms with Crippen LogP contribution in [0.4, 0.5) is 0 Å². The van der Waals surface area contributed by atoms with Crippen molar-refractivity contribution < 1.29 is 14.6 Å². The Morgan fingerprint density at radius 3 is 2.69 bits per heavy atom. The molecule has 1 rings (SSSR count). The van der Waals surface area contributed by atoms with Gasteiger partial charge in [-0.2, -0.15) is 0 Å². The van der Waals surface area contributed by atoms with Gasteiger partial charge in [0.2, 0.25) is 0 Å². The molecule has 0 saturated heterocycles. The molecule has 0 aromatic heterocycles. The summed E-state index contributed by atoms with van der Waals surface area (Å²) in [6.45, 7) is 1.92. The summed E-state index contributed by atoms with van der Waals surface area (Å²) in [6, 6.07) is 2.22. The van der Waals surface area contributed by atoms with Gasteiger partial charge in [0.05, 0.1) is 12.1 Å². The number of ether oxygens (including phenoxy) is 1. The highest BCUT2D eigenvalue weighted by atomic mass is 35.5. The summed E-state index contributed by atoms with van der Waals surface area (Å²) in [7, 11) is 1.51. The molecule has 5 heteroatoms. The lowest BCUT2D eigenvalue weighted by Gasteiger charge is -2.14. The number of aliphatic carboxylic acids is 1. The molecule has 0 heterocycles. The maximum absolute atomic E-state index is 10.8. The fourth-order valence-corrected chi connectivity index (χ4v) is 1.75. The van der Waals surface area contributed by atoms with Crippen LogP contribution in [0.25, 0.3) is 0 Å². The number of carboxylic acid groups (broad SMARTS) is 1. The van der Waals surface area contributed by atoms with Gasteiger partial charge in [-0.05, 0) is 29.7 Å². The normalized spacial score (nSPS) is 12.2. The largest absolute Gasteiger partial charge is 0.495 e. The van der Waals surface area contributed by atoms with Crippen LogP contribution in [0.5, 0.6) is 5.75 Å². The lowest BCUT2D eigenvalue weighted by molar-refractivity contribution is -0.138. The molecule has 1 aromatic rings. The van der Waals surface area contributed by atoms with Gasteiger partial charge in [-0.25, -0.2) is 0 Å². The van der Waals surface area contributed by atoms with Gasteiger partial charge in [-0.3, -0.25) is 4.79 Å². The van der Waals surface area contributed by atoms with Gasteiger partial charge in [0, 0.05) is 0 Å². The number of carboxylic acids is 1. The van der Waals surface area contributed by atoms with E-state index in [-0.39, 0.29) is 0 Å².